The van der Waals surface area contributed by atoms with Crippen LogP contribution in [0.4, 0.5) is 5.13 Å². The van der Waals surface area contributed by atoms with Crippen molar-refractivity contribution in [1.29, 1.82) is 0 Å². The maximum absolute atomic E-state index is 11.3. The van der Waals surface area contributed by atoms with Gasteiger partial charge in [0, 0.05) is 7.05 Å². The molecule has 0 amide bonds. The number of nitrogens with zero attached hydrogens (tertiary/aromatic N) is 2. The molecule has 2 heterocycles. The standard InChI is InChI=1S/C11H12N2O3S/c1-13(7-8-4-3-5-16-8)11-12-6-9(17-11)10(14)15-2/h3-6H,7H2,1-2H3. The van der Waals surface area contributed by atoms with Gasteiger partial charge in [0.1, 0.15) is 10.6 Å². The summed E-state index contributed by atoms with van der Waals surface area (Å²) in [6.45, 7) is 0.612. The summed E-state index contributed by atoms with van der Waals surface area (Å²) < 4.78 is 9.87. The van der Waals surface area contributed by atoms with Crippen LogP contribution >= 0.6 is 11.3 Å². The maximum Gasteiger partial charge on any atom is 0.349 e. The third-order valence-corrected chi connectivity index (χ3v) is 3.27. The molecule has 0 N–H and O–H groups in total. The number of aromatic nitrogens is 1. The quantitative estimate of drug-likeness (QED) is 0.780. The number of ether oxygens (including phenoxy) is 1. The van der Waals surface area contributed by atoms with E-state index < -0.39 is 0 Å². The molecule has 0 aliphatic carbocycles. The number of thiazole rings is 1. The molecule has 0 aliphatic rings. The smallest absolute Gasteiger partial charge is 0.349 e. The lowest BCUT2D eigenvalue weighted by Gasteiger charge is -2.13. The minimum absolute atomic E-state index is 0.361. The zero-order valence-corrected chi connectivity index (χ0v) is 10.4. The van der Waals surface area contributed by atoms with Crippen LogP contribution in [-0.4, -0.2) is 25.1 Å². The molecule has 0 spiro atoms. The summed E-state index contributed by atoms with van der Waals surface area (Å²) in [6, 6.07) is 3.73. The van der Waals surface area contributed by atoms with Gasteiger partial charge in [0.05, 0.1) is 26.1 Å². The lowest BCUT2D eigenvalue weighted by atomic mass is 10.4. The lowest BCUT2D eigenvalue weighted by Crippen LogP contribution is -2.15. The Hall–Kier alpha value is -1.82. The van der Waals surface area contributed by atoms with Crippen LogP contribution in [0.3, 0.4) is 0 Å². The molecule has 0 aliphatic heterocycles. The van der Waals surface area contributed by atoms with Gasteiger partial charge in [-0.2, -0.15) is 0 Å². The number of carbonyl (C=O) groups excluding carboxylic acids is 1. The Morgan fingerprint density at radius 1 is 1.65 bits per heavy atom. The molecule has 0 fully saturated rings. The summed E-state index contributed by atoms with van der Waals surface area (Å²) in [5.74, 6) is 0.488. The monoisotopic (exact) mass is 252 g/mol. The average Bonchev–Trinajstić information content (AvgIpc) is 2.98. The summed E-state index contributed by atoms with van der Waals surface area (Å²) in [5.41, 5.74) is 0. The predicted octanol–water partition coefficient (Wildman–Crippen LogP) is 2.16. The highest BCUT2D eigenvalue weighted by Gasteiger charge is 2.13. The minimum Gasteiger partial charge on any atom is -0.467 e. The van der Waals surface area contributed by atoms with Crippen molar-refractivity contribution in [2.45, 2.75) is 6.54 Å². The first-order valence-corrected chi connectivity index (χ1v) is 5.80. The number of esters is 1. The molecule has 0 bridgehead atoms. The minimum atomic E-state index is -0.361. The van der Waals surface area contributed by atoms with Crippen LogP contribution in [0.15, 0.2) is 29.0 Å². The molecule has 0 aromatic carbocycles. The van der Waals surface area contributed by atoms with Crippen LogP contribution in [0, 0.1) is 0 Å². The first kappa shape index (κ1) is 11.7. The van der Waals surface area contributed by atoms with Gasteiger partial charge in [-0.3, -0.25) is 0 Å². The van der Waals surface area contributed by atoms with Gasteiger partial charge in [-0.1, -0.05) is 11.3 Å². The molecule has 90 valence electrons. The SMILES string of the molecule is COC(=O)c1cnc(N(C)Cc2ccco2)s1. The lowest BCUT2D eigenvalue weighted by molar-refractivity contribution is 0.0606. The third-order valence-electron chi connectivity index (χ3n) is 2.18. The molecule has 0 radical (unpaired) electrons. The highest BCUT2D eigenvalue weighted by Crippen LogP contribution is 2.23. The molecule has 0 unspecified atom stereocenters. The zero-order chi connectivity index (χ0) is 12.3. The van der Waals surface area contributed by atoms with Crippen molar-refractivity contribution in [3.8, 4) is 0 Å². The summed E-state index contributed by atoms with van der Waals surface area (Å²) >= 11 is 1.29. The number of rotatable bonds is 4. The fraction of sp³-hybridized carbons (Fsp3) is 0.273. The molecule has 5 nitrogen and oxygen atoms in total. The van der Waals surface area contributed by atoms with Crippen LogP contribution in [0.2, 0.25) is 0 Å². The molecule has 0 atom stereocenters. The van der Waals surface area contributed by atoms with E-state index in [1.54, 1.807) is 6.26 Å². The summed E-state index contributed by atoms with van der Waals surface area (Å²) in [4.78, 5) is 17.9. The molecular weight excluding hydrogens is 240 g/mol. The molecule has 0 saturated carbocycles. The van der Waals surface area contributed by atoms with Gasteiger partial charge in [-0.05, 0) is 12.1 Å². The first-order valence-electron chi connectivity index (χ1n) is 4.98. The van der Waals surface area contributed by atoms with Crippen molar-refractivity contribution in [2.24, 2.45) is 0 Å². The van der Waals surface area contributed by atoms with Gasteiger partial charge in [0.15, 0.2) is 5.13 Å². The number of furan rings is 1. The van der Waals surface area contributed by atoms with Gasteiger partial charge < -0.3 is 14.1 Å². The average molecular weight is 252 g/mol. The van der Waals surface area contributed by atoms with E-state index in [0.717, 1.165) is 10.9 Å². The largest absolute Gasteiger partial charge is 0.467 e. The van der Waals surface area contributed by atoms with Crippen LogP contribution in [0.1, 0.15) is 15.4 Å². The number of methoxy groups -OCH3 is 1. The van der Waals surface area contributed by atoms with Gasteiger partial charge in [-0.15, -0.1) is 0 Å². The maximum atomic E-state index is 11.3. The number of hydrogen-bond donors (Lipinski definition) is 0. The van der Waals surface area contributed by atoms with Crippen LogP contribution in [0.5, 0.6) is 0 Å². The van der Waals surface area contributed by atoms with Crippen LogP contribution in [-0.2, 0) is 11.3 Å². The van der Waals surface area contributed by atoms with Crippen LogP contribution < -0.4 is 4.90 Å². The fourth-order valence-electron chi connectivity index (χ4n) is 1.34. The molecule has 17 heavy (non-hydrogen) atoms. The molecular formula is C11H12N2O3S. The van der Waals surface area contributed by atoms with Crippen molar-refractivity contribution in [3.05, 3.63) is 35.2 Å². The van der Waals surface area contributed by atoms with E-state index in [1.165, 1.54) is 24.6 Å². The molecule has 2 aromatic rings. The Bertz CT molecular complexity index is 493. The van der Waals surface area contributed by atoms with Gasteiger partial charge >= 0.3 is 5.97 Å². The topological polar surface area (TPSA) is 55.6 Å². The number of hydrogen-bond acceptors (Lipinski definition) is 6. The van der Waals surface area contributed by atoms with Crippen molar-refractivity contribution >= 4 is 22.4 Å². The second-order valence-electron chi connectivity index (χ2n) is 3.43. The Kier molecular flexibility index (Phi) is 3.43. The highest BCUT2D eigenvalue weighted by molar-refractivity contribution is 7.17. The summed E-state index contributed by atoms with van der Waals surface area (Å²) in [5, 5.41) is 0.752. The van der Waals surface area contributed by atoms with Gasteiger partial charge in [0.25, 0.3) is 0 Å². The number of anilines is 1. The fourth-order valence-corrected chi connectivity index (χ4v) is 2.13. The third kappa shape index (κ3) is 2.65. The van der Waals surface area contributed by atoms with E-state index in [9.17, 15) is 4.79 Å². The van der Waals surface area contributed by atoms with E-state index >= 15 is 0 Å². The summed E-state index contributed by atoms with van der Waals surface area (Å²) in [6.07, 6.45) is 3.15. The first-order chi connectivity index (χ1) is 8.20. The second-order valence-corrected chi connectivity index (χ2v) is 4.44. The predicted molar refractivity (Wildman–Crippen MR) is 64.3 cm³/mol. The Balaban J connectivity index is 2.07. The zero-order valence-electron chi connectivity index (χ0n) is 9.54. The molecule has 2 rings (SSSR count). The van der Waals surface area contributed by atoms with Gasteiger partial charge in [-0.25, -0.2) is 9.78 Å². The van der Waals surface area contributed by atoms with Crippen molar-refractivity contribution < 1.29 is 13.9 Å². The van der Waals surface area contributed by atoms with Crippen molar-refractivity contribution in [2.75, 3.05) is 19.1 Å². The Morgan fingerprint density at radius 3 is 3.12 bits per heavy atom. The molecule has 6 heteroatoms. The number of carbonyl (C=O) groups is 1. The molecule has 0 saturated heterocycles. The van der Waals surface area contributed by atoms with Crippen LogP contribution in [0.25, 0.3) is 0 Å². The van der Waals surface area contributed by atoms with E-state index in [4.69, 9.17) is 4.42 Å². The van der Waals surface area contributed by atoms with E-state index in [-0.39, 0.29) is 5.97 Å². The van der Waals surface area contributed by atoms with Crippen molar-refractivity contribution in [3.63, 3.8) is 0 Å². The van der Waals surface area contributed by atoms with E-state index in [1.807, 2.05) is 24.1 Å². The Labute approximate surface area is 103 Å². The van der Waals surface area contributed by atoms with Gasteiger partial charge in [0.2, 0.25) is 0 Å². The highest BCUT2D eigenvalue weighted by atomic mass is 32.1. The molecule has 2 aromatic heterocycles. The Morgan fingerprint density at radius 2 is 2.47 bits per heavy atom. The van der Waals surface area contributed by atoms with E-state index in [2.05, 4.69) is 9.72 Å². The normalized spacial score (nSPS) is 10.2. The van der Waals surface area contributed by atoms with Crippen molar-refractivity contribution in [1.82, 2.24) is 4.98 Å². The second kappa shape index (κ2) is 5.01. The van der Waals surface area contributed by atoms with E-state index in [0.29, 0.717) is 11.4 Å². The summed E-state index contributed by atoms with van der Waals surface area (Å²) in [7, 11) is 3.25.